The molecule has 0 aromatic heterocycles. The summed E-state index contributed by atoms with van der Waals surface area (Å²) in [7, 11) is -10.0. The first kappa shape index (κ1) is 9.59. The zero-order valence-electron chi connectivity index (χ0n) is 5.51. The molecule has 2 atom stereocenters. The Morgan fingerprint density at radius 1 is 0.833 bits per heavy atom. The molecule has 0 saturated carbocycles. The lowest BCUT2D eigenvalue weighted by Crippen LogP contribution is -2.39. The molecule has 0 aromatic carbocycles. The van der Waals surface area contributed by atoms with Crippen LogP contribution in [0.2, 0.25) is 0 Å². The van der Waals surface area contributed by atoms with Gasteiger partial charge in [0.2, 0.25) is 0 Å². The van der Waals surface area contributed by atoms with Crippen LogP contribution < -0.4 is 0 Å². The van der Waals surface area contributed by atoms with Gasteiger partial charge in [0.25, 0.3) is 0 Å². The molecule has 0 aliphatic heterocycles. The van der Waals surface area contributed by atoms with Crippen LogP contribution >= 0.6 is 0 Å². The Morgan fingerprint density at radius 2 is 1.08 bits per heavy atom. The summed E-state index contributed by atoms with van der Waals surface area (Å²) in [5, 5.41) is -3.76. The van der Waals surface area contributed by atoms with Crippen molar-refractivity contribution < 1.29 is 24.6 Å². The Balaban J connectivity index is 3.01. The van der Waals surface area contributed by atoms with Gasteiger partial charge in [-0.3, -0.25) is 0 Å². The van der Waals surface area contributed by atoms with Crippen LogP contribution in [0.1, 0.15) is 0 Å². The minimum absolute atomic E-state index is 0.789. The molecular weight excluding hydrogens is 214 g/mol. The topological polar surface area (TPSA) is 68.3 Å². The van der Waals surface area contributed by atoms with E-state index in [1.165, 1.54) is 0 Å². The zero-order valence-corrected chi connectivity index (χ0v) is 7.15. The fraction of sp³-hybridized carbons (Fsp3) is 0.500. The molecule has 0 amide bonds. The third kappa shape index (κ3) is 1.63. The summed E-state index contributed by atoms with van der Waals surface area (Å²) in [6.07, 6.45) is 1.58. The number of hydrogen-bond acceptors (Lipinski definition) is 4. The van der Waals surface area contributed by atoms with E-state index in [0.29, 0.717) is 0 Å². The lowest BCUT2D eigenvalue weighted by Gasteiger charge is -2.21. The van der Waals surface area contributed by atoms with Gasteiger partial charge >= 0.3 is 20.4 Å². The van der Waals surface area contributed by atoms with E-state index in [-0.39, 0.29) is 0 Å². The maximum Gasteiger partial charge on any atom is 0.310 e. The molecule has 0 spiro atoms. The highest BCUT2D eigenvalue weighted by atomic mass is 32.3. The zero-order chi connectivity index (χ0) is 9.57. The lowest BCUT2D eigenvalue weighted by molar-refractivity contribution is 0.518. The van der Waals surface area contributed by atoms with E-state index in [2.05, 4.69) is 0 Å². The SMILES string of the molecule is O=S(=O)(F)C1C=CC1S(=O)(=O)F. The first-order valence-corrected chi connectivity index (χ1v) is 5.67. The minimum atomic E-state index is -5.00. The molecule has 0 N–H and O–H groups in total. The molecule has 2 unspecified atom stereocenters. The first-order chi connectivity index (χ1) is 5.23. The van der Waals surface area contributed by atoms with Crippen LogP contribution in [0.4, 0.5) is 7.77 Å². The van der Waals surface area contributed by atoms with E-state index in [1.54, 1.807) is 0 Å². The van der Waals surface area contributed by atoms with Crippen LogP contribution in [0.5, 0.6) is 0 Å². The van der Waals surface area contributed by atoms with E-state index in [0.717, 1.165) is 12.2 Å². The maximum absolute atomic E-state index is 12.1. The van der Waals surface area contributed by atoms with Crippen molar-refractivity contribution in [1.82, 2.24) is 0 Å². The van der Waals surface area contributed by atoms with Crippen molar-refractivity contribution in [3.63, 3.8) is 0 Å². The predicted molar refractivity (Wildman–Crippen MR) is 36.8 cm³/mol. The highest BCUT2D eigenvalue weighted by molar-refractivity contribution is 7.91. The Bertz CT molecular complexity index is 366. The lowest BCUT2D eigenvalue weighted by atomic mass is 10.1. The first-order valence-electron chi connectivity index (χ1n) is 2.78. The molecule has 0 saturated heterocycles. The summed E-state index contributed by atoms with van der Waals surface area (Å²) in [6.45, 7) is 0. The predicted octanol–water partition coefficient (Wildman–Crippen LogP) is -0.108. The molecule has 70 valence electrons. The van der Waals surface area contributed by atoms with Crippen molar-refractivity contribution in [2.75, 3.05) is 0 Å². The van der Waals surface area contributed by atoms with Crippen molar-refractivity contribution in [3.05, 3.63) is 12.2 Å². The second kappa shape index (κ2) is 2.49. The fourth-order valence-corrected chi connectivity index (χ4v) is 2.98. The number of hydrogen-bond donors (Lipinski definition) is 0. The van der Waals surface area contributed by atoms with Crippen LogP contribution in [0, 0.1) is 0 Å². The summed E-state index contributed by atoms with van der Waals surface area (Å²) >= 11 is 0. The van der Waals surface area contributed by atoms with Gasteiger partial charge in [0.05, 0.1) is 0 Å². The molecule has 1 rings (SSSR count). The summed E-state index contributed by atoms with van der Waals surface area (Å²) < 4.78 is 64.7. The van der Waals surface area contributed by atoms with E-state index in [4.69, 9.17) is 0 Å². The van der Waals surface area contributed by atoms with Gasteiger partial charge < -0.3 is 0 Å². The fourth-order valence-electron chi connectivity index (χ4n) is 0.801. The number of rotatable bonds is 2. The number of halogens is 2. The van der Waals surface area contributed by atoms with E-state index in [1.807, 2.05) is 0 Å². The standard InChI is InChI=1S/C4H4F2O4S2/c5-11(7,8)3-1-2-4(3)12(6,9)10/h1-4H. The molecule has 1 aliphatic carbocycles. The van der Waals surface area contributed by atoms with Gasteiger partial charge in [0.15, 0.2) is 0 Å². The molecular formula is C4H4F2O4S2. The minimum Gasteiger partial charge on any atom is -0.194 e. The van der Waals surface area contributed by atoms with E-state index in [9.17, 15) is 24.6 Å². The third-order valence-corrected chi connectivity index (χ3v) is 3.84. The second-order valence-electron chi connectivity index (χ2n) is 2.27. The van der Waals surface area contributed by atoms with Crippen LogP contribution in [0.25, 0.3) is 0 Å². The molecule has 0 bridgehead atoms. The van der Waals surface area contributed by atoms with Crippen molar-refractivity contribution in [2.24, 2.45) is 0 Å². The Kier molecular flexibility index (Phi) is 1.99. The van der Waals surface area contributed by atoms with Gasteiger partial charge in [0.1, 0.15) is 10.5 Å². The molecule has 12 heavy (non-hydrogen) atoms. The van der Waals surface area contributed by atoms with E-state index < -0.39 is 30.9 Å². The highest BCUT2D eigenvalue weighted by Crippen LogP contribution is 2.27. The molecule has 0 fully saturated rings. The molecule has 1 aliphatic rings. The van der Waals surface area contributed by atoms with Crippen LogP contribution in [-0.2, 0) is 20.4 Å². The summed E-state index contributed by atoms with van der Waals surface area (Å²) in [5.41, 5.74) is 0. The smallest absolute Gasteiger partial charge is 0.194 e. The maximum atomic E-state index is 12.1. The Labute approximate surface area is 68.3 Å². The summed E-state index contributed by atoms with van der Waals surface area (Å²) in [4.78, 5) is 0. The molecule has 0 aromatic rings. The van der Waals surface area contributed by atoms with Crippen molar-refractivity contribution in [2.45, 2.75) is 10.5 Å². The molecule has 0 radical (unpaired) electrons. The largest absolute Gasteiger partial charge is 0.310 e. The van der Waals surface area contributed by atoms with Crippen LogP contribution in [0.15, 0.2) is 12.2 Å². The monoisotopic (exact) mass is 218 g/mol. The normalized spacial score (nSPS) is 29.8. The van der Waals surface area contributed by atoms with E-state index >= 15 is 0 Å². The summed E-state index contributed by atoms with van der Waals surface area (Å²) in [6, 6.07) is 0. The van der Waals surface area contributed by atoms with Gasteiger partial charge in [-0.25, -0.2) is 0 Å². The second-order valence-corrected chi connectivity index (χ2v) is 5.26. The Morgan fingerprint density at radius 3 is 1.17 bits per heavy atom. The molecule has 0 heterocycles. The van der Waals surface area contributed by atoms with Crippen molar-refractivity contribution in [1.29, 1.82) is 0 Å². The van der Waals surface area contributed by atoms with Crippen LogP contribution in [-0.4, -0.2) is 27.3 Å². The quantitative estimate of drug-likeness (QED) is 0.479. The van der Waals surface area contributed by atoms with Crippen molar-refractivity contribution >= 4 is 20.4 Å². The van der Waals surface area contributed by atoms with Crippen molar-refractivity contribution in [3.8, 4) is 0 Å². The average molecular weight is 218 g/mol. The third-order valence-electron chi connectivity index (χ3n) is 1.46. The van der Waals surface area contributed by atoms with Gasteiger partial charge in [0, 0.05) is 0 Å². The van der Waals surface area contributed by atoms with Crippen LogP contribution in [0.3, 0.4) is 0 Å². The molecule has 8 heteroatoms. The van der Waals surface area contributed by atoms with Gasteiger partial charge in [-0.05, 0) is 0 Å². The van der Waals surface area contributed by atoms with Gasteiger partial charge in [-0.1, -0.05) is 12.2 Å². The van der Waals surface area contributed by atoms with Gasteiger partial charge in [-0.2, -0.15) is 16.8 Å². The summed E-state index contributed by atoms with van der Waals surface area (Å²) in [5.74, 6) is 0. The Hall–Kier alpha value is -0.500. The van der Waals surface area contributed by atoms with Gasteiger partial charge in [-0.15, -0.1) is 7.77 Å². The molecule has 4 nitrogen and oxygen atoms in total. The highest BCUT2D eigenvalue weighted by Gasteiger charge is 2.44. The average Bonchev–Trinajstić information content (AvgIpc) is 1.46.